The number of ketones is 1. The normalized spacial score (nSPS) is 11.2. The first-order valence-electron chi connectivity index (χ1n) is 10.7. The van der Waals surface area contributed by atoms with Crippen molar-refractivity contribution in [1.29, 1.82) is 0 Å². The quantitative estimate of drug-likeness (QED) is 0.164. The molecule has 33 heavy (non-hydrogen) atoms. The number of carbonyl (C=O) groups is 1. The highest BCUT2D eigenvalue weighted by Gasteiger charge is 2.10. The summed E-state index contributed by atoms with van der Waals surface area (Å²) in [6, 6.07) is 19.0. The largest absolute Gasteiger partial charge is 0.497 e. The van der Waals surface area contributed by atoms with Crippen LogP contribution in [-0.4, -0.2) is 26.6 Å². The van der Waals surface area contributed by atoms with Crippen molar-refractivity contribution in [3.05, 3.63) is 93.5 Å². The van der Waals surface area contributed by atoms with Gasteiger partial charge in [-0.05, 0) is 60.0 Å². The van der Waals surface area contributed by atoms with Crippen LogP contribution in [-0.2, 0) is 0 Å². The van der Waals surface area contributed by atoms with Crippen molar-refractivity contribution in [3.8, 4) is 17.2 Å². The molecule has 5 heteroatoms. The van der Waals surface area contributed by atoms with Gasteiger partial charge in [0.15, 0.2) is 5.78 Å². The molecule has 0 amide bonds. The van der Waals surface area contributed by atoms with Gasteiger partial charge in [-0.3, -0.25) is 4.79 Å². The van der Waals surface area contributed by atoms with Crippen LogP contribution in [0.5, 0.6) is 17.2 Å². The molecule has 0 saturated heterocycles. The summed E-state index contributed by atoms with van der Waals surface area (Å²) in [7, 11) is 3.22. The molecule has 0 aliphatic rings. The number of benzene rings is 3. The molecule has 3 aromatic carbocycles. The Labute approximate surface area is 203 Å². The number of hydrogen-bond acceptors (Lipinski definition) is 4. The van der Waals surface area contributed by atoms with Crippen molar-refractivity contribution in [3.63, 3.8) is 0 Å². The fourth-order valence-corrected chi connectivity index (χ4v) is 3.60. The van der Waals surface area contributed by atoms with Crippen molar-refractivity contribution in [2.75, 3.05) is 20.8 Å². The molecule has 0 saturated carbocycles. The van der Waals surface area contributed by atoms with E-state index in [1.54, 1.807) is 44.6 Å². The van der Waals surface area contributed by atoms with Gasteiger partial charge < -0.3 is 14.2 Å². The van der Waals surface area contributed by atoms with E-state index in [0.29, 0.717) is 23.7 Å². The Bertz CT molecular complexity index is 1150. The molecule has 0 N–H and O–H groups in total. The smallest absolute Gasteiger partial charge is 0.185 e. The molecule has 0 spiro atoms. The van der Waals surface area contributed by atoms with Gasteiger partial charge in [-0.25, -0.2) is 0 Å². The number of methoxy groups -OCH3 is 2. The summed E-state index contributed by atoms with van der Waals surface area (Å²) >= 11 is 3.41. The number of rotatable bonds is 10. The van der Waals surface area contributed by atoms with E-state index < -0.39 is 0 Å². The minimum atomic E-state index is -0.0910. The Morgan fingerprint density at radius 3 is 2.36 bits per heavy atom. The summed E-state index contributed by atoms with van der Waals surface area (Å²) in [4.78, 5) is 12.7. The van der Waals surface area contributed by atoms with E-state index in [2.05, 4.69) is 22.9 Å². The van der Waals surface area contributed by atoms with E-state index >= 15 is 0 Å². The highest BCUT2D eigenvalue weighted by molar-refractivity contribution is 9.10. The first kappa shape index (κ1) is 24.3. The van der Waals surface area contributed by atoms with Gasteiger partial charge in [0.05, 0.1) is 20.8 Å². The van der Waals surface area contributed by atoms with Gasteiger partial charge >= 0.3 is 0 Å². The Morgan fingerprint density at radius 2 is 1.70 bits per heavy atom. The van der Waals surface area contributed by atoms with Gasteiger partial charge in [0.25, 0.3) is 0 Å². The van der Waals surface area contributed by atoms with E-state index in [1.807, 2.05) is 54.6 Å². The van der Waals surface area contributed by atoms with Crippen LogP contribution in [0.2, 0.25) is 0 Å². The van der Waals surface area contributed by atoms with Crippen LogP contribution < -0.4 is 14.2 Å². The average Bonchev–Trinajstić information content (AvgIpc) is 2.85. The molecule has 0 fully saturated rings. The fourth-order valence-electron chi connectivity index (χ4n) is 3.20. The molecule has 0 aliphatic carbocycles. The number of allylic oxidation sites excluding steroid dienone is 1. The molecule has 170 valence electrons. The van der Waals surface area contributed by atoms with Crippen LogP contribution in [0.25, 0.3) is 18.2 Å². The maximum atomic E-state index is 12.7. The maximum absolute atomic E-state index is 12.7. The average molecular weight is 507 g/mol. The van der Waals surface area contributed by atoms with E-state index in [0.717, 1.165) is 33.3 Å². The third kappa shape index (κ3) is 6.83. The van der Waals surface area contributed by atoms with E-state index in [9.17, 15) is 4.79 Å². The predicted molar refractivity (Wildman–Crippen MR) is 138 cm³/mol. The molecule has 4 nitrogen and oxygen atoms in total. The summed E-state index contributed by atoms with van der Waals surface area (Å²) in [6.07, 6.45) is 8.30. The molecule has 0 aromatic heterocycles. The van der Waals surface area contributed by atoms with Crippen LogP contribution in [0.15, 0.2) is 71.2 Å². The van der Waals surface area contributed by atoms with Gasteiger partial charge in [0, 0.05) is 21.7 Å². The standard InChI is InChI=1S/C28H27BrO4/c1-4-16-33-24-12-9-20(10-13-24)8-11-21-18-25(31-2)19-28(32-3)26(21)14-15-27(30)22-6-5-7-23(29)17-22/h5-15,17-19H,4,16H2,1-3H3/b11-8+,15-14+. The lowest BCUT2D eigenvalue weighted by atomic mass is 10.0. The molecule has 0 aliphatic heterocycles. The highest BCUT2D eigenvalue weighted by atomic mass is 79.9. The van der Waals surface area contributed by atoms with E-state index in [4.69, 9.17) is 14.2 Å². The third-order valence-electron chi connectivity index (χ3n) is 4.92. The molecule has 0 atom stereocenters. The molecule has 0 unspecified atom stereocenters. The first-order chi connectivity index (χ1) is 16.0. The summed E-state index contributed by atoms with van der Waals surface area (Å²) in [5.74, 6) is 2.05. The minimum Gasteiger partial charge on any atom is -0.497 e. The minimum absolute atomic E-state index is 0.0910. The topological polar surface area (TPSA) is 44.8 Å². The lowest BCUT2D eigenvalue weighted by Crippen LogP contribution is -1.96. The number of carbonyl (C=O) groups excluding carboxylic acids is 1. The summed E-state index contributed by atoms with van der Waals surface area (Å²) < 4.78 is 17.5. The Hall–Kier alpha value is -3.31. The third-order valence-corrected chi connectivity index (χ3v) is 5.42. The van der Waals surface area contributed by atoms with Crippen LogP contribution in [0.1, 0.15) is 40.4 Å². The summed E-state index contributed by atoms with van der Waals surface area (Å²) in [6.45, 7) is 2.78. The molecular formula is C28H27BrO4. The van der Waals surface area contributed by atoms with Crippen LogP contribution in [0.3, 0.4) is 0 Å². The van der Waals surface area contributed by atoms with Gasteiger partial charge in [-0.2, -0.15) is 0 Å². The number of halogens is 1. The molecule has 0 radical (unpaired) electrons. The molecule has 0 heterocycles. The second kappa shape index (κ2) is 12.1. The number of hydrogen-bond donors (Lipinski definition) is 0. The molecule has 0 bridgehead atoms. The summed E-state index contributed by atoms with van der Waals surface area (Å²) in [5, 5.41) is 0. The molecular weight excluding hydrogens is 480 g/mol. The second-order valence-corrected chi connectivity index (χ2v) is 8.21. The van der Waals surface area contributed by atoms with Crippen LogP contribution in [0, 0.1) is 0 Å². The SMILES string of the molecule is CCCOc1ccc(/C=C/c2cc(OC)cc(OC)c2/C=C/C(=O)c2cccc(Br)c2)cc1. The van der Waals surface area contributed by atoms with Gasteiger partial charge in [0.1, 0.15) is 17.2 Å². The zero-order valence-electron chi connectivity index (χ0n) is 19.0. The number of ether oxygens (including phenoxy) is 3. The van der Waals surface area contributed by atoms with E-state index in [1.165, 1.54) is 0 Å². The first-order valence-corrected chi connectivity index (χ1v) is 11.5. The maximum Gasteiger partial charge on any atom is 0.185 e. The van der Waals surface area contributed by atoms with Crippen LogP contribution >= 0.6 is 15.9 Å². The van der Waals surface area contributed by atoms with Gasteiger partial charge in [-0.1, -0.05) is 59.3 Å². The van der Waals surface area contributed by atoms with Crippen molar-refractivity contribution in [1.82, 2.24) is 0 Å². The predicted octanol–water partition coefficient (Wildman–Crippen LogP) is 7.32. The lowest BCUT2D eigenvalue weighted by Gasteiger charge is -2.11. The highest BCUT2D eigenvalue weighted by Crippen LogP contribution is 2.31. The Kier molecular flexibility index (Phi) is 8.90. The van der Waals surface area contributed by atoms with Gasteiger partial charge in [-0.15, -0.1) is 0 Å². The fraction of sp³-hybridized carbons (Fsp3) is 0.179. The van der Waals surface area contributed by atoms with Crippen molar-refractivity contribution < 1.29 is 19.0 Å². The van der Waals surface area contributed by atoms with Crippen molar-refractivity contribution in [2.45, 2.75) is 13.3 Å². The lowest BCUT2D eigenvalue weighted by molar-refractivity contribution is 0.104. The monoisotopic (exact) mass is 506 g/mol. The van der Waals surface area contributed by atoms with Gasteiger partial charge in [0.2, 0.25) is 0 Å². The second-order valence-electron chi connectivity index (χ2n) is 7.29. The van der Waals surface area contributed by atoms with Crippen LogP contribution in [0.4, 0.5) is 0 Å². The zero-order chi connectivity index (χ0) is 23.6. The zero-order valence-corrected chi connectivity index (χ0v) is 20.6. The Balaban J connectivity index is 1.91. The van der Waals surface area contributed by atoms with Crippen molar-refractivity contribution >= 4 is 39.9 Å². The summed E-state index contributed by atoms with van der Waals surface area (Å²) in [5.41, 5.74) is 3.30. The van der Waals surface area contributed by atoms with Crippen molar-refractivity contribution in [2.24, 2.45) is 0 Å². The van der Waals surface area contributed by atoms with E-state index in [-0.39, 0.29) is 5.78 Å². The Morgan fingerprint density at radius 1 is 0.909 bits per heavy atom. The molecule has 3 rings (SSSR count). The molecule has 3 aromatic rings.